The highest BCUT2D eigenvalue weighted by molar-refractivity contribution is 7.89. The second-order valence-corrected chi connectivity index (χ2v) is 9.22. The van der Waals surface area contributed by atoms with Crippen LogP contribution in [0.15, 0.2) is 47.4 Å². The second-order valence-electron chi connectivity index (χ2n) is 7.32. The van der Waals surface area contributed by atoms with Gasteiger partial charge in [0.1, 0.15) is 0 Å². The van der Waals surface area contributed by atoms with E-state index in [1.54, 1.807) is 6.07 Å². The van der Waals surface area contributed by atoms with Crippen LogP contribution in [0.3, 0.4) is 0 Å². The Morgan fingerprint density at radius 1 is 1.09 bits per heavy atom. The SMILES string of the molecule is O=C(Nc1n[nH]c2c1CN(S(=O)(=O)c1ccccc1C(F)(F)F)C2)c1ccc2c(c1)OCO2. The standard InChI is InChI=1S/C20H15F3N4O5S/c21-20(22,23)13-3-1-2-4-17(13)33(29,30)27-8-12-14(9-27)25-26-18(12)24-19(28)11-5-6-15-16(7-11)32-10-31-15/h1-7H,8-10H2,(H2,24,25,26,28). The van der Waals surface area contributed by atoms with Crippen molar-refractivity contribution in [2.45, 2.75) is 24.2 Å². The number of alkyl halides is 3. The van der Waals surface area contributed by atoms with E-state index in [1.807, 2.05) is 0 Å². The Hall–Kier alpha value is -3.58. The number of sulfonamides is 1. The van der Waals surface area contributed by atoms with Crippen LogP contribution in [0.25, 0.3) is 0 Å². The lowest BCUT2D eigenvalue weighted by Crippen LogP contribution is -2.28. The summed E-state index contributed by atoms with van der Waals surface area (Å²) in [6.45, 7) is -0.414. The Bertz CT molecular complexity index is 1370. The number of hydrogen-bond acceptors (Lipinski definition) is 6. The topological polar surface area (TPSA) is 114 Å². The first-order valence-corrected chi connectivity index (χ1v) is 11.0. The van der Waals surface area contributed by atoms with Crippen LogP contribution in [0.2, 0.25) is 0 Å². The summed E-state index contributed by atoms with van der Waals surface area (Å²) in [5.74, 6) is 0.489. The van der Waals surface area contributed by atoms with Crippen LogP contribution in [0.1, 0.15) is 27.2 Å². The number of benzene rings is 2. The number of nitrogens with one attached hydrogen (secondary N) is 2. The van der Waals surface area contributed by atoms with Crippen molar-refractivity contribution >= 4 is 21.7 Å². The number of nitrogens with zero attached hydrogens (tertiary/aromatic N) is 2. The number of aromatic nitrogens is 2. The number of aromatic amines is 1. The molecule has 3 aromatic rings. The maximum atomic E-state index is 13.4. The summed E-state index contributed by atoms with van der Waals surface area (Å²) in [7, 11) is -4.47. The molecule has 0 fully saturated rings. The van der Waals surface area contributed by atoms with Gasteiger partial charge in [0.25, 0.3) is 5.91 Å². The van der Waals surface area contributed by atoms with Crippen molar-refractivity contribution in [1.82, 2.24) is 14.5 Å². The number of amides is 1. The van der Waals surface area contributed by atoms with Crippen LogP contribution < -0.4 is 14.8 Å². The fraction of sp³-hybridized carbons (Fsp3) is 0.200. The van der Waals surface area contributed by atoms with Crippen molar-refractivity contribution in [3.8, 4) is 11.5 Å². The zero-order chi connectivity index (χ0) is 23.4. The molecule has 2 aliphatic heterocycles. The molecule has 1 aromatic heterocycles. The van der Waals surface area contributed by atoms with Gasteiger partial charge in [0, 0.05) is 17.7 Å². The van der Waals surface area contributed by atoms with E-state index in [4.69, 9.17) is 9.47 Å². The Morgan fingerprint density at radius 2 is 1.85 bits per heavy atom. The van der Waals surface area contributed by atoms with Gasteiger partial charge in [-0.25, -0.2) is 8.42 Å². The summed E-state index contributed by atoms with van der Waals surface area (Å²) in [6.07, 6.45) is -4.83. The summed E-state index contributed by atoms with van der Waals surface area (Å²) < 4.78 is 77.4. The van der Waals surface area contributed by atoms with E-state index in [1.165, 1.54) is 18.2 Å². The Kier molecular flexibility index (Phi) is 4.83. The Morgan fingerprint density at radius 3 is 2.64 bits per heavy atom. The third-order valence-corrected chi connectivity index (χ3v) is 7.15. The van der Waals surface area contributed by atoms with E-state index >= 15 is 0 Å². The number of anilines is 1. The van der Waals surface area contributed by atoms with Crippen molar-refractivity contribution in [3.05, 3.63) is 64.8 Å². The number of carbonyl (C=O) groups excluding carboxylic acids is 1. The van der Waals surface area contributed by atoms with E-state index in [0.717, 1.165) is 22.5 Å². The minimum atomic E-state index is -4.83. The summed E-state index contributed by atoms with van der Waals surface area (Å²) in [5, 5.41) is 9.25. The van der Waals surface area contributed by atoms with Gasteiger partial charge in [0.2, 0.25) is 16.8 Å². The summed E-state index contributed by atoms with van der Waals surface area (Å²) in [5.41, 5.74) is -0.228. The molecule has 172 valence electrons. The zero-order valence-electron chi connectivity index (χ0n) is 16.6. The molecule has 0 radical (unpaired) electrons. The normalized spacial score (nSPS) is 15.5. The number of hydrogen-bond donors (Lipinski definition) is 2. The van der Waals surface area contributed by atoms with E-state index in [9.17, 15) is 26.4 Å². The summed E-state index contributed by atoms with van der Waals surface area (Å²) in [6, 6.07) is 8.61. The molecule has 0 spiro atoms. The first-order chi connectivity index (χ1) is 15.6. The molecule has 2 N–H and O–H groups in total. The minimum Gasteiger partial charge on any atom is -0.454 e. The first kappa shape index (κ1) is 21.3. The highest BCUT2D eigenvalue weighted by Crippen LogP contribution is 2.38. The quantitative estimate of drug-likeness (QED) is 0.593. The average molecular weight is 480 g/mol. The van der Waals surface area contributed by atoms with Crippen molar-refractivity contribution in [3.63, 3.8) is 0 Å². The predicted octanol–water partition coefficient (Wildman–Crippen LogP) is 3.11. The summed E-state index contributed by atoms with van der Waals surface area (Å²) >= 11 is 0. The van der Waals surface area contributed by atoms with Gasteiger partial charge in [-0.15, -0.1) is 0 Å². The largest absolute Gasteiger partial charge is 0.454 e. The molecule has 2 aliphatic rings. The lowest BCUT2D eigenvalue weighted by atomic mass is 10.2. The molecule has 0 saturated heterocycles. The lowest BCUT2D eigenvalue weighted by molar-refractivity contribution is -0.139. The molecular formula is C20H15F3N4O5S. The molecule has 0 unspecified atom stereocenters. The molecule has 33 heavy (non-hydrogen) atoms. The predicted molar refractivity (Wildman–Crippen MR) is 107 cm³/mol. The van der Waals surface area contributed by atoms with Gasteiger partial charge in [0.05, 0.1) is 22.7 Å². The molecule has 5 rings (SSSR count). The van der Waals surface area contributed by atoms with Gasteiger partial charge in [-0.05, 0) is 30.3 Å². The fourth-order valence-electron chi connectivity index (χ4n) is 3.67. The maximum Gasteiger partial charge on any atom is 0.417 e. The van der Waals surface area contributed by atoms with Crippen LogP contribution in [0, 0.1) is 0 Å². The third kappa shape index (κ3) is 3.68. The van der Waals surface area contributed by atoms with Gasteiger partial charge >= 0.3 is 6.18 Å². The molecule has 0 atom stereocenters. The van der Waals surface area contributed by atoms with Gasteiger partial charge in [-0.1, -0.05) is 12.1 Å². The number of ether oxygens (including phenoxy) is 2. The Labute approximate surface area is 185 Å². The van der Waals surface area contributed by atoms with Crippen molar-refractivity contribution < 1.29 is 35.9 Å². The van der Waals surface area contributed by atoms with Crippen LogP contribution in [0.4, 0.5) is 19.0 Å². The Balaban J connectivity index is 1.38. The summed E-state index contributed by atoms with van der Waals surface area (Å²) in [4.78, 5) is 11.8. The molecule has 0 bridgehead atoms. The molecule has 3 heterocycles. The number of halogens is 3. The molecule has 1 amide bonds. The number of rotatable bonds is 4. The van der Waals surface area contributed by atoms with Crippen molar-refractivity contribution in [2.24, 2.45) is 0 Å². The lowest BCUT2D eigenvalue weighted by Gasteiger charge is -2.19. The first-order valence-electron chi connectivity index (χ1n) is 9.58. The van der Waals surface area contributed by atoms with Gasteiger partial charge in [-0.3, -0.25) is 9.89 Å². The monoisotopic (exact) mass is 480 g/mol. The molecule has 13 heteroatoms. The zero-order valence-corrected chi connectivity index (χ0v) is 17.5. The molecule has 0 saturated carbocycles. The third-order valence-electron chi connectivity index (χ3n) is 5.30. The number of fused-ring (bicyclic) bond motifs is 2. The fourth-order valence-corrected chi connectivity index (χ4v) is 5.26. The number of H-pyrrole nitrogens is 1. The molecule has 9 nitrogen and oxygen atoms in total. The molecular weight excluding hydrogens is 465 g/mol. The molecule has 0 aliphatic carbocycles. The van der Waals surface area contributed by atoms with Crippen LogP contribution in [-0.2, 0) is 29.3 Å². The van der Waals surface area contributed by atoms with E-state index in [2.05, 4.69) is 15.5 Å². The molecule has 2 aromatic carbocycles. The van der Waals surface area contributed by atoms with Crippen molar-refractivity contribution in [2.75, 3.05) is 12.1 Å². The highest BCUT2D eigenvalue weighted by Gasteiger charge is 2.41. The van der Waals surface area contributed by atoms with Crippen molar-refractivity contribution in [1.29, 1.82) is 0 Å². The second kappa shape index (κ2) is 7.49. The maximum absolute atomic E-state index is 13.4. The average Bonchev–Trinajstić information content (AvgIpc) is 3.49. The van der Waals surface area contributed by atoms with Gasteiger partial charge in [-0.2, -0.15) is 22.6 Å². The highest BCUT2D eigenvalue weighted by atomic mass is 32.2. The van der Waals surface area contributed by atoms with E-state index < -0.39 is 32.6 Å². The smallest absolute Gasteiger partial charge is 0.417 e. The van der Waals surface area contributed by atoms with Crippen LogP contribution in [-0.4, -0.2) is 35.6 Å². The number of carbonyl (C=O) groups is 1. The van der Waals surface area contributed by atoms with E-state index in [0.29, 0.717) is 22.8 Å². The van der Waals surface area contributed by atoms with Crippen LogP contribution in [0.5, 0.6) is 11.5 Å². The minimum absolute atomic E-state index is 0.0507. The van der Waals surface area contributed by atoms with Gasteiger partial charge in [0.15, 0.2) is 17.3 Å². The van der Waals surface area contributed by atoms with Crippen LogP contribution >= 0.6 is 0 Å². The van der Waals surface area contributed by atoms with E-state index in [-0.39, 0.29) is 31.3 Å². The van der Waals surface area contributed by atoms with Gasteiger partial charge < -0.3 is 14.8 Å².